The molecule has 0 N–H and O–H groups in total. The van der Waals surface area contributed by atoms with Gasteiger partial charge in [0.15, 0.2) is 10.3 Å². The van der Waals surface area contributed by atoms with E-state index in [1.165, 1.54) is 34.0 Å². The first-order chi connectivity index (χ1) is 16.1. The number of carbonyl (C=O) groups excluding carboxylic acids is 2. The van der Waals surface area contributed by atoms with Crippen molar-refractivity contribution < 1.29 is 14.3 Å². The number of carbonyl (C=O) groups is 2. The number of esters is 1. The van der Waals surface area contributed by atoms with Crippen LogP contribution in [0.25, 0.3) is 5.69 Å². The van der Waals surface area contributed by atoms with Gasteiger partial charge in [-0.15, -0.1) is 10.2 Å². The van der Waals surface area contributed by atoms with Gasteiger partial charge < -0.3 is 4.74 Å². The second-order valence-corrected chi connectivity index (χ2v) is 10.5. The number of thioether (sulfide) groups is 3. The van der Waals surface area contributed by atoms with Gasteiger partial charge in [0, 0.05) is 5.69 Å². The number of hydrogen-bond donors (Lipinski definition) is 0. The Bertz CT molecular complexity index is 1190. The molecule has 1 aliphatic carbocycles. The highest BCUT2D eigenvalue weighted by molar-refractivity contribution is 8.18. The molecule has 8 nitrogen and oxygen atoms in total. The Kier molecular flexibility index (Phi) is 6.70. The Labute approximate surface area is 203 Å². The van der Waals surface area contributed by atoms with Crippen LogP contribution in [0.15, 0.2) is 56.0 Å². The number of aromatic nitrogens is 3. The van der Waals surface area contributed by atoms with Crippen LogP contribution >= 0.6 is 35.3 Å². The number of benzene rings is 1. The fourth-order valence-electron chi connectivity index (χ4n) is 3.96. The first-order valence-electron chi connectivity index (χ1n) is 10.7. The molecule has 1 atom stereocenters. The molecule has 0 saturated carbocycles. The molecule has 33 heavy (non-hydrogen) atoms. The highest BCUT2D eigenvalue weighted by Crippen LogP contribution is 2.49. The maximum atomic E-state index is 12.7. The summed E-state index contributed by atoms with van der Waals surface area (Å²) in [6.07, 6.45) is 3.13. The first kappa shape index (κ1) is 22.4. The van der Waals surface area contributed by atoms with Crippen molar-refractivity contribution in [3.63, 3.8) is 0 Å². The van der Waals surface area contributed by atoms with Crippen molar-refractivity contribution in [3.05, 3.63) is 46.6 Å². The van der Waals surface area contributed by atoms with E-state index in [0.29, 0.717) is 28.5 Å². The first-order valence-corrected chi connectivity index (χ1v) is 13.4. The Morgan fingerprint density at radius 3 is 2.85 bits per heavy atom. The van der Waals surface area contributed by atoms with E-state index in [9.17, 15) is 9.59 Å². The minimum atomic E-state index is -0.295. The van der Waals surface area contributed by atoms with E-state index in [-0.39, 0.29) is 23.5 Å². The minimum Gasteiger partial charge on any atom is -0.465 e. The van der Waals surface area contributed by atoms with Crippen LogP contribution in [0.1, 0.15) is 32.0 Å². The summed E-state index contributed by atoms with van der Waals surface area (Å²) in [6, 6.07) is 9.73. The summed E-state index contributed by atoms with van der Waals surface area (Å²) in [7, 11) is 0. The van der Waals surface area contributed by atoms with Crippen molar-refractivity contribution in [1.82, 2.24) is 14.8 Å². The van der Waals surface area contributed by atoms with E-state index in [0.717, 1.165) is 30.0 Å². The average molecular weight is 500 g/mol. The van der Waals surface area contributed by atoms with Crippen LogP contribution in [0.3, 0.4) is 0 Å². The quantitative estimate of drug-likeness (QED) is 0.412. The third-order valence-corrected chi connectivity index (χ3v) is 8.35. The van der Waals surface area contributed by atoms with Crippen molar-refractivity contribution in [2.24, 2.45) is 15.9 Å². The van der Waals surface area contributed by atoms with Crippen molar-refractivity contribution in [2.45, 2.75) is 37.1 Å². The van der Waals surface area contributed by atoms with Gasteiger partial charge >= 0.3 is 5.97 Å². The van der Waals surface area contributed by atoms with Crippen LogP contribution in [0.4, 0.5) is 0 Å². The molecule has 0 fully saturated rings. The molecule has 1 amide bonds. The van der Waals surface area contributed by atoms with Gasteiger partial charge in [-0.25, -0.2) is 4.99 Å². The van der Waals surface area contributed by atoms with Crippen LogP contribution in [0.2, 0.25) is 0 Å². The topological polar surface area (TPSA) is 98.8 Å². The minimum absolute atomic E-state index is 0.114. The monoisotopic (exact) mass is 499 g/mol. The molecule has 170 valence electrons. The van der Waals surface area contributed by atoms with Crippen molar-refractivity contribution in [3.8, 4) is 5.69 Å². The zero-order chi connectivity index (χ0) is 22.8. The number of allylic oxidation sites excluding steroid dienone is 1. The van der Waals surface area contributed by atoms with Gasteiger partial charge in [0.2, 0.25) is 0 Å². The van der Waals surface area contributed by atoms with Gasteiger partial charge in [0.1, 0.15) is 11.7 Å². The molecule has 2 aromatic rings. The van der Waals surface area contributed by atoms with Gasteiger partial charge in [0.05, 0.1) is 23.2 Å². The molecule has 2 aliphatic heterocycles. The zero-order valence-corrected chi connectivity index (χ0v) is 20.3. The molecule has 0 spiro atoms. The van der Waals surface area contributed by atoms with E-state index in [1.807, 2.05) is 34.9 Å². The molecular formula is C22H21N5O3S3. The number of rotatable bonds is 7. The molecule has 3 aliphatic rings. The predicted octanol–water partition coefficient (Wildman–Crippen LogP) is 4.25. The molecule has 11 heteroatoms. The van der Waals surface area contributed by atoms with E-state index in [4.69, 9.17) is 4.74 Å². The third kappa shape index (κ3) is 4.67. The third-order valence-electron chi connectivity index (χ3n) is 5.36. The maximum absolute atomic E-state index is 12.7. The summed E-state index contributed by atoms with van der Waals surface area (Å²) in [5.74, 6) is 0.614. The SMILES string of the molecule is CCOC(=O)CSc1nnc(CSC2=NC(=O)C3C(=N2)SC2=C3CCC2)n1-c1ccccc1. The lowest BCUT2D eigenvalue weighted by molar-refractivity contribution is -0.139. The number of fused-ring (bicyclic) bond motifs is 2. The largest absolute Gasteiger partial charge is 0.465 e. The smallest absolute Gasteiger partial charge is 0.316 e. The fourth-order valence-corrected chi connectivity index (χ4v) is 6.89. The Hall–Kier alpha value is -2.37. The molecule has 0 bridgehead atoms. The highest BCUT2D eigenvalue weighted by Gasteiger charge is 2.41. The summed E-state index contributed by atoms with van der Waals surface area (Å²) in [5, 5.41) is 10.6. The lowest BCUT2D eigenvalue weighted by Crippen LogP contribution is -2.24. The van der Waals surface area contributed by atoms with Gasteiger partial charge in [-0.3, -0.25) is 14.2 Å². The number of aliphatic imine (C=N–C) groups is 2. The molecule has 1 aromatic carbocycles. The van der Waals surface area contributed by atoms with Crippen molar-refractivity contribution >= 4 is 57.4 Å². The van der Waals surface area contributed by atoms with E-state index in [2.05, 4.69) is 20.2 Å². The molecule has 3 heterocycles. The summed E-state index contributed by atoms with van der Waals surface area (Å²) in [4.78, 5) is 34.8. The maximum Gasteiger partial charge on any atom is 0.316 e. The van der Waals surface area contributed by atoms with Gasteiger partial charge in [-0.05, 0) is 48.8 Å². The number of amidine groups is 1. The van der Waals surface area contributed by atoms with Gasteiger partial charge in [-0.1, -0.05) is 53.5 Å². The molecular weight excluding hydrogens is 478 g/mol. The van der Waals surface area contributed by atoms with Crippen LogP contribution < -0.4 is 0 Å². The molecule has 0 saturated heterocycles. The lowest BCUT2D eigenvalue weighted by Gasteiger charge is -2.16. The zero-order valence-electron chi connectivity index (χ0n) is 17.9. The van der Waals surface area contributed by atoms with Crippen molar-refractivity contribution in [1.29, 1.82) is 0 Å². The number of ether oxygens (including phenoxy) is 1. The predicted molar refractivity (Wildman–Crippen MR) is 132 cm³/mol. The number of hydrogen-bond acceptors (Lipinski definition) is 9. The second kappa shape index (κ2) is 9.86. The molecule has 5 rings (SSSR count). The van der Waals surface area contributed by atoms with E-state index in [1.54, 1.807) is 18.7 Å². The van der Waals surface area contributed by atoms with E-state index >= 15 is 0 Å². The highest BCUT2D eigenvalue weighted by atomic mass is 32.2. The lowest BCUT2D eigenvalue weighted by atomic mass is 9.98. The average Bonchev–Trinajstić information content (AvgIpc) is 3.51. The van der Waals surface area contributed by atoms with Crippen LogP contribution in [0, 0.1) is 5.92 Å². The summed E-state index contributed by atoms with van der Waals surface area (Å²) in [5.41, 5.74) is 2.12. The van der Waals surface area contributed by atoms with Crippen molar-refractivity contribution in [2.75, 3.05) is 12.4 Å². The fraction of sp³-hybridized carbons (Fsp3) is 0.364. The standard InChI is InChI=1S/C22H21N5O3S3/c1-2-30-17(28)12-32-22-26-25-16(27(22)13-7-4-3-5-8-13)11-31-21-23-19(29)18-14-9-6-10-15(14)33-20(18)24-21/h3-5,7-8,18H,2,6,9-12H2,1H3. The Morgan fingerprint density at radius 1 is 1.18 bits per heavy atom. The van der Waals surface area contributed by atoms with E-state index < -0.39 is 0 Å². The van der Waals surface area contributed by atoms with Crippen LogP contribution in [-0.4, -0.2) is 49.2 Å². The Morgan fingerprint density at radius 2 is 2.03 bits per heavy atom. The molecule has 1 unspecified atom stereocenters. The van der Waals surface area contributed by atoms with Crippen LogP contribution in [-0.2, 0) is 20.1 Å². The Balaban J connectivity index is 1.33. The molecule has 0 radical (unpaired) electrons. The second-order valence-electron chi connectivity index (χ2n) is 7.47. The summed E-state index contributed by atoms with van der Waals surface area (Å²) < 4.78 is 6.94. The molecule has 1 aromatic heterocycles. The summed E-state index contributed by atoms with van der Waals surface area (Å²) in [6.45, 7) is 2.12. The van der Waals surface area contributed by atoms with Gasteiger partial charge in [-0.2, -0.15) is 4.99 Å². The number of nitrogens with zero attached hydrogens (tertiary/aromatic N) is 5. The van der Waals surface area contributed by atoms with Crippen LogP contribution in [0.5, 0.6) is 0 Å². The number of para-hydroxylation sites is 1. The summed E-state index contributed by atoms with van der Waals surface area (Å²) >= 11 is 4.30. The normalized spacial score (nSPS) is 19.3. The van der Waals surface area contributed by atoms with Gasteiger partial charge in [0.25, 0.3) is 5.91 Å². The number of amides is 1.